The maximum Gasteiger partial charge on any atom is 0.251 e. The molecule has 0 aliphatic carbocycles. The standard InChI is InChI=1S/C15H20N2O/c1-2-13-7-9-14(10-8-13)15(18)17-12-6-4-3-5-11-16/h1,7-10H,3-6,11-12,16H2,(H,17,18). The van der Waals surface area contributed by atoms with E-state index in [1.54, 1.807) is 24.3 Å². The molecule has 0 spiro atoms. The molecule has 0 unspecified atom stereocenters. The van der Waals surface area contributed by atoms with Gasteiger partial charge in [0.1, 0.15) is 0 Å². The molecule has 0 atom stereocenters. The highest BCUT2D eigenvalue weighted by Crippen LogP contribution is 2.03. The quantitative estimate of drug-likeness (QED) is 0.568. The minimum atomic E-state index is -0.0441. The molecule has 1 aromatic rings. The minimum absolute atomic E-state index is 0.0441. The monoisotopic (exact) mass is 244 g/mol. The molecule has 3 nitrogen and oxygen atoms in total. The van der Waals surface area contributed by atoms with Gasteiger partial charge in [0.05, 0.1) is 0 Å². The van der Waals surface area contributed by atoms with Crippen molar-refractivity contribution in [1.82, 2.24) is 5.32 Å². The van der Waals surface area contributed by atoms with Crippen molar-refractivity contribution in [3.8, 4) is 12.3 Å². The number of amides is 1. The van der Waals surface area contributed by atoms with Crippen LogP contribution in [-0.2, 0) is 0 Å². The van der Waals surface area contributed by atoms with Gasteiger partial charge < -0.3 is 11.1 Å². The number of carbonyl (C=O) groups is 1. The van der Waals surface area contributed by atoms with E-state index in [2.05, 4.69) is 11.2 Å². The van der Waals surface area contributed by atoms with Crippen LogP contribution in [-0.4, -0.2) is 19.0 Å². The Kier molecular flexibility index (Phi) is 6.60. The fourth-order valence-electron chi connectivity index (χ4n) is 1.64. The topological polar surface area (TPSA) is 55.1 Å². The lowest BCUT2D eigenvalue weighted by molar-refractivity contribution is 0.0953. The number of unbranched alkanes of at least 4 members (excludes halogenated alkanes) is 3. The van der Waals surface area contributed by atoms with Crippen LogP contribution in [0.15, 0.2) is 24.3 Å². The van der Waals surface area contributed by atoms with E-state index in [0.29, 0.717) is 12.1 Å². The Balaban J connectivity index is 2.26. The summed E-state index contributed by atoms with van der Waals surface area (Å²) in [5, 5.41) is 2.89. The summed E-state index contributed by atoms with van der Waals surface area (Å²) in [6.45, 7) is 1.45. The van der Waals surface area contributed by atoms with E-state index in [4.69, 9.17) is 12.2 Å². The van der Waals surface area contributed by atoms with Crippen molar-refractivity contribution >= 4 is 5.91 Å². The zero-order chi connectivity index (χ0) is 13.2. The van der Waals surface area contributed by atoms with Crippen molar-refractivity contribution < 1.29 is 4.79 Å². The van der Waals surface area contributed by atoms with Gasteiger partial charge in [0.2, 0.25) is 0 Å². The summed E-state index contributed by atoms with van der Waals surface area (Å²) < 4.78 is 0. The lowest BCUT2D eigenvalue weighted by Crippen LogP contribution is -2.24. The molecule has 3 N–H and O–H groups in total. The molecule has 0 fully saturated rings. The van der Waals surface area contributed by atoms with Gasteiger partial charge in [-0.05, 0) is 43.7 Å². The molecule has 0 aliphatic rings. The number of hydrogen-bond donors (Lipinski definition) is 2. The van der Waals surface area contributed by atoms with Crippen molar-refractivity contribution in [3.05, 3.63) is 35.4 Å². The Morgan fingerprint density at radius 2 is 1.83 bits per heavy atom. The average Bonchev–Trinajstić information content (AvgIpc) is 2.42. The second-order valence-corrected chi connectivity index (χ2v) is 4.18. The summed E-state index contributed by atoms with van der Waals surface area (Å²) >= 11 is 0. The minimum Gasteiger partial charge on any atom is -0.352 e. The van der Waals surface area contributed by atoms with E-state index < -0.39 is 0 Å². The third kappa shape index (κ3) is 5.03. The third-order valence-corrected chi connectivity index (χ3v) is 2.73. The van der Waals surface area contributed by atoms with Crippen LogP contribution in [0.4, 0.5) is 0 Å². The van der Waals surface area contributed by atoms with Crippen molar-refractivity contribution in [2.75, 3.05) is 13.1 Å². The molecule has 0 heterocycles. The third-order valence-electron chi connectivity index (χ3n) is 2.73. The highest BCUT2D eigenvalue weighted by molar-refractivity contribution is 5.94. The van der Waals surface area contributed by atoms with Gasteiger partial charge in [-0.2, -0.15) is 0 Å². The highest BCUT2D eigenvalue weighted by atomic mass is 16.1. The summed E-state index contributed by atoms with van der Waals surface area (Å²) in [7, 11) is 0. The van der Waals surface area contributed by atoms with Crippen molar-refractivity contribution in [1.29, 1.82) is 0 Å². The summed E-state index contributed by atoms with van der Waals surface area (Å²) in [5.41, 5.74) is 6.84. The molecule has 1 aromatic carbocycles. The second kappa shape index (κ2) is 8.32. The maximum atomic E-state index is 11.8. The Morgan fingerprint density at radius 1 is 1.17 bits per heavy atom. The molecule has 1 rings (SSSR count). The normalized spacial score (nSPS) is 9.78. The van der Waals surface area contributed by atoms with Crippen molar-refractivity contribution in [2.45, 2.75) is 25.7 Å². The Labute approximate surface area is 109 Å². The van der Waals surface area contributed by atoms with E-state index in [1.165, 1.54) is 0 Å². The van der Waals surface area contributed by atoms with Gasteiger partial charge in [0.15, 0.2) is 0 Å². The largest absolute Gasteiger partial charge is 0.352 e. The summed E-state index contributed by atoms with van der Waals surface area (Å²) in [5.74, 6) is 2.48. The van der Waals surface area contributed by atoms with E-state index in [1.807, 2.05) is 0 Å². The first-order chi connectivity index (χ1) is 8.77. The van der Waals surface area contributed by atoms with Crippen molar-refractivity contribution in [3.63, 3.8) is 0 Å². The zero-order valence-corrected chi connectivity index (χ0v) is 10.6. The zero-order valence-electron chi connectivity index (χ0n) is 10.6. The Hall–Kier alpha value is -1.79. The van der Waals surface area contributed by atoms with E-state index in [-0.39, 0.29) is 5.91 Å². The summed E-state index contributed by atoms with van der Waals surface area (Å²) in [6.07, 6.45) is 9.54. The average molecular weight is 244 g/mol. The van der Waals surface area contributed by atoms with Crippen LogP contribution in [0.25, 0.3) is 0 Å². The van der Waals surface area contributed by atoms with Crippen LogP contribution in [0.5, 0.6) is 0 Å². The molecule has 0 aliphatic heterocycles. The molecule has 0 saturated heterocycles. The molecule has 0 bridgehead atoms. The number of terminal acetylenes is 1. The van der Waals surface area contributed by atoms with Gasteiger partial charge in [-0.1, -0.05) is 18.8 Å². The van der Waals surface area contributed by atoms with E-state index in [9.17, 15) is 4.79 Å². The lowest BCUT2D eigenvalue weighted by atomic mass is 10.1. The van der Waals surface area contributed by atoms with Crippen molar-refractivity contribution in [2.24, 2.45) is 5.73 Å². The van der Waals surface area contributed by atoms with E-state index in [0.717, 1.165) is 37.8 Å². The van der Waals surface area contributed by atoms with E-state index >= 15 is 0 Å². The van der Waals surface area contributed by atoms with Gasteiger partial charge in [0.25, 0.3) is 5.91 Å². The number of nitrogens with one attached hydrogen (secondary N) is 1. The summed E-state index contributed by atoms with van der Waals surface area (Å²) in [6, 6.07) is 7.05. The highest BCUT2D eigenvalue weighted by Gasteiger charge is 2.03. The van der Waals surface area contributed by atoms with Crippen LogP contribution >= 0.6 is 0 Å². The number of benzene rings is 1. The van der Waals surface area contributed by atoms with Crippen LogP contribution < -0.4 is 11.1 Å². The number of hydrogen-bond acceptors (Lipinski definition) is 2. The molecule has 0 aromatic heterocycles. The molecule has 0 saturated carbocycles. The second-order valence-electron chi connectivity index (χ2n) is 4.18. The number of nitrogens with two attached hydrogens (primary N) is 1. The van der Waals surface area contributed by atoms with Crippen LogP contribution in [0.2, 0.25) is 0 Å². The first kappa shape index (κ1) is 14.3. The molecule has 0 radical (unpaired) electrons. The smallest absolute Gasteiger partial charge is 0.251 e. The van der Waals surface area contributed by atoms with Gasteiger partial charge in [-0.15, -0.1) is 6.42 Å². The van der Waals surface area contributed by atoms with Crippen LogP contribution in [0.1, 0.15) is 41.6 Å². The van der Waals surface area contributed by atoms with Gasteiger partial charge in [-0.25, -0.2) is 0 Å². The fraction of sp³-hybridized carbons (Fsp3) is 0.400. The first-order valence-electron chi connectivity index (χ1n) is 6.33. The first-order valence-corrected chi connectivity index (χ1v) is 6.33. The molecule has 1 amide bonds. The summed E-state index contributed by atoms with van der Waals surface area (Å²) in [4.78, 5) is 11.8. The number of carbonyl (C=O) groups excluding carboxylic acids is 1. The molecule has 96 valence electrons. The van der Waals surface area contributed by atoms with Crippen LogP contribution in [0, 0.1) is 12.3 Å². The molecule has 3 heteroatoms. The van der Waals surface area contributed by atoms with Gasteiger partial charge in [-0.3, -0.25) is 4.79 Å². The van der Waals surface area contributed by atoms with Crippen LogP contribution in [0.3, 0.4) is 0 Å². The van der Waals surface area contributed by atoms with Gasteiger partial charge in [0, 0.05) is 17.7 Å². The molecular formula is C15H20N2O. The molecular weight excluding hydrogens is 224 g/mol. The SMILES string of the molecule is C#Cc1ccc(C(=O)NCCCCCCN)cc1. The Bertz CT molecular complexity index is 403. The predicted octanol–water partition coefficient (Wildman–Crippen LogP) is 1.92. The predicted molar refractivity (Wildman–Crippen MR) is 74.2 cm³/mol. The lowest BCUT2D eigenvalue weighted by Gasteiger charge is -2.05. The fourth-order valence-corrected chi connectivity index (χ4v) is 1.64. The maximum absolute atomic E-state index is 11.8. The molecule has 18 heavy (non-hydrogen) atoms. The number of rotatable bonds is 7. The van der Waals surface area contributed by atoms with Gasteiger partial charge >= 0.3 is 0 Å². The Morgan fingerprint density at radius 3 is 2.44 bits per heavy atom.